The van der Waals surface area contributed by atoms with Crippen molar-refractivity contribution >= 4 is 21.6 Å². The van der Waals surface area contributed by atoms with Crippen LogP contribution in [0.1, 0.15) is 31.4 Å². The Morgan fingerprint density at radius 3 is 2.22 bits per heavy atom. The average Bonchev–Trinajstić information content (AvgIpc) is 2.87. The quantitative estimate of drug-likeness (QED) is 0.336. The van der Waals surface area contributed by atoms with E-state index in [1.165, 1.54) is 12.1 Å². The molecule has 3 rings (SSSR count). The highest BCUT2D eigenvalue weighted by molar-refractivity contribution is 7.92. The summed E-state index contributed by atoms with van der Waals surface area (Å²) < 4.78 is 39.3. The standard InChI is InChI=1S/C28H34N2O5S/c1-4-34-25-16-18-26(19-17-25)36(32,33)30(24-14-12-22(3)13-15-24)21-28(31)29-20-8-10-23-9-6-7-11-27(23)35-5-2/h6-7,9,11-19H,4-5,8,10,20-21H2,1-3H3,(H,29,31). The Morgan fingerprint density at radius 1 is 0.889 bits per heavy atom. The summed E-state index contributed by atoms with van der Waals surface area (Å²) in [6.07, 6.45) is 1.44. The lowest BCUT2D eigenvalue weighted by molar-refractivity contribution is -0.119. The number of aryl methyl sites for hydroxylation is 2. The Labute approximate surface area is 214 Å². The first kappa shape index (κ1) is 27.1. The Balaban J connectivity index is 1.69. The van der Waals surface area contributed by atoms with Crippen LogP contribution in [-0.4, -0.2) is 40.6 Å². The van der Waals surface area contributed by atoms with Gasteiger partial charge in [0.05, 0.1) is 23.8 Å². The molecule has 0 aliphatic heterocycles. The van der Waals surface area contributed by atoms with E-state index >= 15 is 0 Å². The average molecular weight is 511 g/mol. The highest BCUT2D eigenvalue weighted by Crippen LogP contribution is 2.25. The number of carbonyl (C=O) groups excluding carboxylic acids is 1. The van der Waals surface area contributed by atoms with Gasteiger partial charge in [-0.1, -0.05) is 35.9 Å². The molecule has 0 aliphatic rings. The van der Waals surface area contributed by atoms with Crippen molar-refractivity contribution in [3.8, 4) is 11.5 Å². The number of nitrogens with zero attached hydrogens (tertiary/aromatic N) is 1. The van der Waals surface area contributed by atoms with Gasteiger partial charge in [0.1, 0.15) is 18.0 Å². The molecule has 192 valence electrons. The normalized spacial score (nSPS) is 11.1. The van der Waals surface area contributed by atoms with Gasteiger partial charge in [-0.2, -0.15) is 0 Å². The fraction of sp³-hybridized carbons (Fsp3) is 0.321. The van der Waals surface area contributed by atoms with Gasteiger partial charge >= 0.3 is 0 Å². The number of rotatable bonds is 13. The molecular formula is C28H34N2O5S. The Kier molecular flexibility index (Phi) is 9.76. The molecule has 8 heteroatoms. The SMILES string of the molecule is CCOc1ccc(S(=O)(=O)N(CC(=O)NCCCc2ccccc2OCC)c2ccc(C)cc2)cc1. The second-order valence-electron chi connectivity index (χ2n) is 8.25. The van der Waals surface area contributed by atoms with Gasteiger partial charge in [0.2, 0.25) is 5.91 Å². The van der Waals surface area contributed by atoms with E-state index in [4.69, 9.17) is 9.47 Å². The minimum atomic E-state index is -3.98. The van der Waals surface area contributed by atoms with Crippen molar-refractivity contribution in [1.82, 2.24) is 5.32 Å². The number of ether oxygens (including phenoxy) is 2. The van der Waals surface area contributed by atoms with Crippen molar-refractivity contribution in [2.45, 2.75) is 38.5 Å². The first-order chi connectivity index (χ1) is 17.3. The van der Waals surface area contributed by atoms with Crippen LogP contribution in [0.4, 0.5) is 5.69 Å². The summed E-state index contributed by atoms with van der Waals surface area (Å²) in [4.78, 5) is 12.9. The number of hydrogen-bond donors (Lipinski definition) is 1. The van der Waals surface area contributed by atoms with Gasteiger partial charge in [0.25, 0.3) is 10.0 Å². The molecule has 3 aromatic carbocycles. The zero-order chi connectivity index (χ0) is 26.0. The molecule has 0 saturated heterocycles. The molecule has 1 amide bonds. The lowest BCUT2D eigenvalue weighted by atomic mass is 10.1. The third-order valence-corrected chi connectivity index (χ3v) is 7.34. The van der Waals surface area contributed by atoms with Crippen LogP contribution in [0.25, 0.3) is 0 Å². The molecule has 0 heterocycles. The van der Waals surface area contributed by atoms with Gasteiger partial charge in [-0.3, -0.25) is 9.10 Å². The maximum absolute atomic E-state index is 13.5. The fourth-order valence-corrected chi connectivity index (χ4v) is 5.15. The van der Waals surface area contributed by atoms with Gasteiger partial charge in [-0.15, -0.1) is 0 Å². The summed E-state index contributed by atoms with van der Waals surface area (Å²) in [5, 5.41) is 2.86. The van der Waals surface area contributed by atoms with E-state index in [2.05, 4.69) is 5.32 Å². The molecule has 1 N–H and O–H groups in total. The van der Waals surface area contributed by atoms with Crippen LogP contribution in [0, 0.1) is 6.92 Å². The largest absolute Gasteiger partial charge is 0.494 e. The van der Waals surface area contributed by atoms with Crippen LogP contribution in [0.2, 0.25) is 0 Å². The minimum Gasteiger partial charge on any atom is -0.494 e. The maximum Gasteiger partial charge on any atom is 0.264 e. The summed E-state index contributed by atoms with van der Waals surface area (Å²) in [5.74, 6) is 1.06. The smallest absolute Gasteiger partial charge is 0.264 e. The van der Waals surface area contributed by atoms with Crippen LogP contribution >= 0.6 is 0 Å². The summed E-state index contributed by atoms with van der Waals surface area (Å²) in [7, 11) is -3.98. The lowest BCUT2D eigenvalue weighted by Crippen LogP contribution is -2.41. The molecule has 0 radical (unpaired) electrons. The molecule has 3 aromatic rings. The first-order valence-corrected chi connectivity index (χ1v) is 13.6. The molecule has 0 atom stereocenters. The van der Waals surface area contributed by atoms with Crippen LogP contribution in [-0.2, 0) is 21.2 Å². The Hall–Kier alpha value is -3.52. The van der Waals surface area contributed by atoms with Crippen molar-refractivity contribution < 1.29 is 22.7 Å². The topological polar surface area (TPSA) is 84.9 Å². The van der Waals surface area contributed by atoms with E-state index < -0.39 is 10.0 Å². The maximum atomic E-state index is 13.5. The minimum absolute atomic E-state index is 0.0897. The van der Waals surface area contributed by atoms with Crippen LogP contribution in [0.15, 0.2) is 77.7 Å². The number of carbonyl (C=O) groups is 1. The highest BCUT2D eigenvalue weighted by atomic mass is 32.2. The van der Waals surface area contributed by atoms with Gasteiger partial charge in [-0.05, 0) is 81.6 Å². The van der Waals surface area contributed by atoms with E-state index in [0.29, 0.717) is 37.6 Å². The Morgan fingerprint density at radius 2 is 1.56 bits per heavy atom. The van der Waals surface area contributed by atoms with E-state index in [0.717, 1.165) is 27.6 Å². The third kappa shape index (κ3) is 7.24. The number of benzene rings is 3. The number of amides is 1. The van der Waals surface area contributed by atoms with Gasteiger partial charge < -0.3 is 14.8 Å². The van der Waals surface area contributed by atoms with E-state index in [9.17, 15) is 13.2 Å². The molecule has 0 saturated carbocycles. The number of anilines is 1. The molecule has 7 nitrogen and oxygen atoms in total. The summed E-state index contributed by atoms with van der Waals surface area (Å²) in [6, 6.07) is 21.1. The highest BCUT2D eigenvalue weighted by Gasteiger charge is 2.27. The molecule has 0 aromatic heterocycles. The molecule has 0 unspecified atom stereocenters. The van der Waals surface area contributed by atoms with Gasteiger partial charge in [0.15, 0.2) is 0 Å². The zero-order valence-corrected chi connectivity index (χ0v) is 21.9. The third-order valence-electron chi connectivity index (χ3n) is 5.55. The summed E-state index contributed by atoms with van der Waals surface area (Å²) in [5.41, 5.74) is 2.50. The van der Waals surface area contributed by atoms with E-state index in [-0.39, 0.29) is 17.3 Å². The number of para-hydroxylation sites is 1. The van der Waals surface area contributed by atoms with Crippen LogP contribution < -0.4 is 19.1 Å². The van der Waals surface area contributed by atoms with Crippen molar-refractivity contribution in [1.29, 1.82) is 0 Å². The van der Waals surface area contributed by atoms with Crippen molar-refractivity contribution in [3.63, 3.8) is 0 Å². The molecular weight excluding hydrogens is 476 g/mol. The predicted octanol–water partition coefficient (Wildman–Crippen LogP) is 4.74. The second-order valence-corrected chi connectivity index (χ2v) is 10.1. The number of hydrogen-bond acceptors (Lipinski definition) is 5. The number of nitrogens with one attached hydrogen (secondary N) is 1. The number of sulfonamides is 1. The van der Waals surface area contributed by atoms with Crippen LogP contribution in [0.5, 0.6) is 11.5 Å². The monoisotopic (exact) mass is 510 g/mol. The summed E-state index contributed by atoms with van der Waals surface area (Å²) >= 11 is 0. The van der Waals surface area contributed by atoms with Gasteiger partial charge in [-0.25, -0.2) is 8.42 Å². The van der Waals surface area contributed by atoms with Crippen molar-refractivity contribution in [2.24, 2.45) is 0 Å². The van der Waals surface area contributed by atoms with Crippen molar-refractivity contribution in [2.75, 3.05) is 30.6 Å². The second kappa shape index (κ2) is 13.0. The summed E-state index contributed by atoms with van der Waals surface area (Å²) in [6.45, 7) is 6.90. The fourth-order valence-electron chi connectivity index (χ4n) is 3.73. The molecule has 0 bridgehead atoms. The van der Waals surface area contributed by atoms with Crippen LogP contribution in [0.3, 0.4) is 0 Å². The first-order valence-electron chi connectivity index (χ1n) is 12.1. The zero-order valence-electron chi connectivity index (χ0n) is 21.1. The van der Waals surface area contributed by atoms with E-state index in [1.807, 2.05) is 57.2 Å². The van der Waals surface area contributed by atoms with Crippen molar-refractivity contribution in [3.05, 3.63) is 83.9 Å². The molecule has 0 aliphatic carbocycles. The Bertz CT molecular complexity index is 1230. The molecule has 36 heavy (non-hydrogen) atoms. The predicted molar refractivity (Wildman–Crippen MR) is 142 cm³/mol. The molecule has 0 spiro atoms. The molecule has 0 fully saturated rings. The van der Waals surface area contributed by atoms with Gasteiger partial charge in [0, 0.05) is 6.54 Å². The lowest BCUT2D eigenvalue weighted by Gasteiger charge is -2.24. The van der Waals surface area contributed by atoms with E-state index in [1.54, 1.807) is 24.3 Å².